The van der Waals surface area contributed by atoms with Gasteiger partial charge in [0.25, 0.3) is 5.91 Å². The van der Waals surface area contributed by atoms with Gasteiger partial charge in [-0.25, -0.2) is 13.4 Å². The summed E-state index contributed by atoms with van der Waals surface area (Å²) in [6.07, 6.45) is 1.00. The van der Waals surface area contributed by atoms with E-state index in [4.69, 9.17) is 0 Å². The second-order valence-corrected chi connectivity index (χ2v) is 12.0. The second kappa shape index (κ2) is 10.1. The summed E-state index contributed by atoms with van der Waals surface area (Å²) in [6, 6.07) is 16.2. The maximum Gasteiger partial charge on any atom is 0.324 e. The van der Waals surface area contributed by atoms with E-state index in [0.29, 0.717) is 10.4 Å². The minimum Gasteiger partial charge on any atom is -0.272 e. The molecule has 0 fully saturated rings. The highest BCUT2D eigenvalue weighted by molar-refractivity contribution is 9.10. The average molecular weight is 579 g/mol. The number of thiazole rings is 1. The van der Waals surface area contributed by atoms with Gasteiger partial charge in [-0.2, -0.15) is 10.1 Å². The van der Waals surface area contributed by atoms with E-state index in [1.165, 1.54) is 41.8 Å². The molecule has 2 heterocycles. The molecule has 0 aliphatic rings. The molecule has 1 amide bonds. The molecule has 0 unspecified atom stereocenters. The molecule has 0 radical (unpaired) electrons. The van der Waals surface area contributed by atoms with Crippen molar-refractivity contribution in [3.63, 3.8) is 0 Å². The van der Waals surface area contributed by atoms with Gasteiger partial charge in [-0.3, -0.25) is 14.9 Å². The predicted molar refractivity (Wildman–Crippen MR) is 136 cm³/mol. The number of carbonyl (C=O) groups excluding carboxylic acids is 1. The van der Waals surface area contributed by atoms with Crippen LogP contribution >= 0.6 is 38.6 Å². The van der Waals surface area contributed by atoms with Gasteiger partial charge in [-0.1, -0.05) is 56.8 Å². The summed E-state index contributed by atoms with van der Waals surface area (Å²) in [5, 5.41) is 16.4. The topological polar surface area (TPSA) is 123 Å². The van der Waals surface area contributed by atoms with Gasteiger partial charge in [0.1, 0.15) is 0 Å². The molecule has 0 aliphatic heterocycles. The number of hydrazone groups is 1. The summed E-state index contributed by atoms with van der Waals surface area (Å²) in [6.45, 7) is 0. The summed E-state index contributed by atoms with van der Waals surface area (Å²) < 4.78 is 26.9. The van der Waals surface area contributed by atoms with Crippen LogP contribution < -0.4 is 5.01 Å². The van der Waals surface area contributed by atoms with Gasteiger partial charge in [0, 0.05) is 17.0 Å². The molecule has 13 heteroatoms. The largest absolute Gasteiger partial charge is 0.324 e. The second-order valence-electron chi connectivity index (χ2n) is 6.87. The Kier molecular flexibility index (Phi) is 7.16. The lowest BCUT2D eigenvalue weighted by Gasteiger charge is -2.13. The Morgan fingerprint density at radius 2 is 1.91 bits per heavy atom. The van der Waals surface area contributed by atoms with E-state index in [1.807, 2.05) is 12.1 Å². The molecule has 0 N–H and O–H groups in total. The first-order chi connectivity index (χ1) is 16.2. The minimum absolute atomic E-state index is 0.0573. The van der Waals surface area contributed by atoms with Crippen LogP contribution in [0.15, 0.2) is 75.1 Å². The average Bonchev–Trinajstić information content (AvgIpc) is 3.45. The van der Waals surface area contributed by atoms with Crippen molar-refractivity contribution in [3.05, 3.63) is 80.1 Å². The lowest BCUT2D eigenvalue weighted by atomic mass is 10.3. The zero-order valence-electron chi connectivity index (χ0n) is 17.2. The Bertz CT molecular complexity index is 1500. The smallest absolute Gasteiger partial charge is 0.272 e. The number of sulfone groups is 1. The van der Waals surface area contributed by atoms with Crippen molar-refractivity contribution < 1.29 is 18.1 Å². The van der Waals surface area contributed by atoms with Gasteiger partial charge in [-0.15, -0.1) is 0 Å². The van der Waals surface area contributed by atoms with Crippen molar-refractivity contribution in [2.75, 3.05) is 10.8 Å². The van der Waals surface area contributed by atoms with E-state index in [1.54, 1.807) is 24.3 Å². The van der Waals surface area contributed by atoms with Gasteiger partial charge in [0.05, 0.1) is 36.9 Å². The number of rotatable bonds is 8. The van der Waals surface area contributed by atoms with Crippen molar-refractivity contribution >= 4 is 80.9 Å². The molecule has 0 spiro atoms. The third-order valence-corrected chi connectivity index (χ3v) is 8.73. The lowest BCUT2D eigenvalue weighted by Crippen LogP contribution is -2.27. The molecule has 34 heavy (non-hydrogen) atoms. The highest BCUT2D eigenvalue weighted by atomic mass is 79.9. The van der Waals surface area contributed by atoms with Crippen LogP contribution in [-0.2, 0) is 14.6 Å². The van der Waals surface area contributed by atoms with E-state index in [2.05, 4.69) is 26.0 Å². The summed E-state index contributed by atoms with van der Waals surface area (Å²) in [7, 11) is -3.67. The van der Waals surface area contributed by atoms with Crippen LogP contribution in [0.2, 0.25) is 0 Å². The van der Waals surface area contributed by atoms with E-state index in [-0.39, 0.29) is 21.4 Å². The van der Waals surface area contributed by atoms with Crippen LogP contribution in [-0.4, -0.2) is 36.2 Å². The molecular weight excluding hydrogens is 564 g/mol. The quantitative estimate of drug-likeness (QED) is 0.159. The Labute approximate surface area is 210 Å². The van der Waals surface area contributed by atoms with Crippen molar-refractivity contribution in [3.8, 4) is 0 Å². The molecule has 0 aliphatic carbocycles. The van der Waals surface area contributed by atoms with Crippen LogP contribution in [0.25, 0.3) is 10.2 Å². The highest BCUT2D eigenvalue weighted by Crippen LogP contribution is 2.32. The molecule has 9 nitrogen and oxygen atoms in total. The summed E-state index contributed by atoms with van der Waals surface area (Å²) >= 11 is 5.53. The third-order valence-electron chi connectivity index (χ3n) is 4.54. The minimum atomic E-state index is -3.67. The number of aromatic nitrogens is 1. The number of hydrogen-bond donors (Lipinski definition) is 0. The molecule has 0 saturated carbocycles. The number of carbonyl (C=O) groups is 1. The van der Waals surface area contributed by atoms with E-state index < -0.39 is 26.4 Å². The van der Waals surface area contributed by atoms with Gasteiger partial charge in [0.15, 0.2) is 9.84 Å². The first kappa shape index (κ1) is 24.1. The number of benzene rings is 2. The maximum atomic E-state index is 13.1. The Morgan fingerprint density at radius 1 is 1.15 bits per heavy atom. The number of nitro groups is 1. The third kappa shape index (κ3) is 5.55. The fourth-order valence-electron chi connectivity index (χ4n) is 2.89. The number of anilines is 1. The molecule has 0 atom stereocenters. The van der Waals surface area contributed by atoms with E-state index in [0.717, 1.165) is 25.5 Å². The Balaban J connectivity index is 1.62. The summed E-state index contributed by atoms with van der Waals surface area (Å²) in [5.41, 5.74) is 0.653. The van der Waals surface area contributed by atoms with Crippen LogP contribution in [0, 0.1) is 10.1 Å². The molecule has 0 bridgehead atoms. The number of amides is 1. The Morgan fingerprint density at radius 3 is 2.62 bits per heavy atom. The van der Waals surface area contributed by atoms with Crippen LogP contribution in [0.4, 0.5) is 10.1 Å². The van der Waals surface area contributed by atoms with Gasteiger partial charge in [-0.05, 0) is 36.4 Å². The number of thiophene rings is 1. The number of nitrogens with zero attached hydrogens (tertiary/aromatic N) is 4. The SMILES string of the molecule is O=C(CCS(=O)(=O)c1ccccc1)N(/N=C/c1ccc([N+](=O)[O-])s1)c1nc2ccc(Br)cc2s1. The standard InChI is InChI=1S/C21H15BrN4O5S3/c22-14-6-8-17-18(12-14)33-21(24-17)25(23-13-15-7-9-20(32-15)26(28)29)19(27)10-11-34(30,31)16-4-2-1-3-5-16/h1-9,12-13H,10-11H2/b23-13+. The molecule has 4 rings (SSSR count). The fraction of sp³-hybridized carbons (Fsp3) is 0.0952. The fourth-order valence-corrected chi connectivity index (χ4v) is 6.33. The van der Waals surface area contributed by atoms with Gasteiger partial charge in [0.2, 0.25) is 5.13 Å². The zero-order chi connectivity index (χ0) is 24.3. The summed E-state index contributed by atoms with van der Waals surface area (Å²) in [4.78, 5) is 28.6. The molecule has 2 aromatic heterocycles. The molecule has 2 aromatic carbocycles. The monoisotopic (exact) mass is 578 g/mol. The van der Waals surface area contributed by atoms with Gasteiger partial charge >= 0.3 is 5.00 Å². The molecule has 174 valence electrons. The number of hydrogen-bond acceptors (Lipinski definition) is 9. The van der Waals surface area contributed by atoms with Crippen LogP contribution in [0.1, 0.15) is 11.3 Å². The van der Waals surface area contributed by atoms with Crippen LogP contribution in [0.5, 0.6) is 0 Å². The normalized spacial score (nSPS) is 11.8. The van der Waals surface area contributed by atoms with Crippen molar-refractivity contribution in [1.82, 2.24) is 4.98 Å². The first-order valence-electron chi connectivity index (χ1n) is 9.68. The predicted octanol–water partition coefficient (Wildman–Crippen LogP) is 5.26. The highest BCUT2D eigenvalue weighted by Gasteiger charge is 2.23. The van der Waals surface area contributed by atoms with E-state index >= 15 is 0 Å². The number of fused-ring (bicyclic) bond motifs is 1. The van der Waals surface area contributed by atoms with Crippen molar-refractivity contribution in [2.45, 2.75) is 11.3 Å². The first-order valence-corrected chi connectivity index (χ1v) is 13.8. The molecular formula is C21H15BrN4O5S3. The van der Waals surface area contributed by atoms with E-state index in [9.17, 15) is 23.3 Å². The maximum absolute atomic E-state index is 13.1. The van der Waals surface area contributed by atoms with Crippen molar-refractivity contribution in [1.29, 1.82) is 0 Å². The van der Waals surface area contributed by atoms with Crippen LogP contribution in [0.3, 0.4) is 0 Å². The Hall–Kier alpha value is -3.00. The molecule has 0 saturated heterocycles. The van der Waals surface area contributed by atoms with Crippen molar-refractivity contribution in [2.24, 2.45) is 5.10 Å². The lowest BCUT2D eigenvalue weighted by molar-refractivity contribution is -0.380. The zero-order valence-corrected chi connectivity index (χ0v) is 21.2. The molecule has 4 aromatic rings. The number of halogens is 1. The van der Waals surface area contributed by atoms with Gasteiger partial charge < -0.3 is 0 Å². The summed E-state index contributed by atoms with van der Waals surface area (Å²) in [5.74, 6) is -0.970.